The molecule has 2 aliphatic rings. The van der Waals surface area contributed by atoms with Crippen LogP contribution in [-0.2, 0) is 9.53 Å². The Kier molecular flexibility index (Phi) is 1.83. The number of hydrogen-bond acceptors (Lipinski definition) is 2. The number of hydrogen-bond donors (Lipinski definition) is 1. The van der Waals surface area contributed by atoms with E-state index in [1.807, 2.05) is 6.92 Å². The van der Waals surface area contributed by atoms with Gasteiger partial charge in [-0.25, -0.2) is 0 Å². The van der Waals surface area contributed by atoms with Crippen LogP contribution in [0.5, 0.6) is 0 Å². The van der Waals surface area contributed by atoms with Crippen molar-refractivity contribution in [2.45, 2.75) is 25.9 Å². The van der Waals surface area contributed by atoms with Gasteiger partial charge in [0.15, 0.2) is 0 Å². The fourth-order valence-electron chi connectivity index (χ4n) is 2.46. The van der Waals surface area contributed by atoms with Crippen LogP contribution < -0.4 is 0 Å². The predicted molar refractivity (Wildman–Crippen MR) is 42.8 cm³/mol. The molecule has 12 heavy (non-hydrogen) atoms. The topological polar surface area (TPSA) is 46.5 Å². The number of carboxylic acid groups (broad SMARTS) is 1. The third-order valence-corrected chi connectivity index (χ3v) is 3.07. The van der Waals surface area contributed by atoms with Crippen LogP contribution in [0, 0.1) is 17.8 Å². The zero-order valence-electron chi connectivity index (χ0n) is 7.19. The first kappa shape index (κ1) is 8.05. The lowest BCUT2D eigenvalue weighted by molar-refractivity contribution is -0.138. The molecule has 1 aliphatic heterocycles. The minimum atomic E-state index is -0.688. The maximum atomic E-state index is 10.4. The summed E-state index contributed by atoms with van der Waals surface area (Å²) in [5.41, 5.74) is 0. The molecule has 0 aromatic rings. The zero-order chi connectivity index (χ0) is 8.72. The molecule has 4 atom stereocenters. The van der Waals surface area contributed by atoms with Crippen LogP contribution in [0.4, 0.5) is 0 Å². The van der Waals surface area contributed by atoms with E-state index in [0.29, 0.717) is 24.4 Å². The van der Waals surface area contributed by atoms with Crippen LogP contribution in [0.15, 0.2) is 0 Å². The fourth-order valence-corrected chi connectivity index (χ4v) is 2.46. The Balaban J connectivity index is 1.83. The van der Waals surface area contributed by atoms with E-state index in [1.54, 1.807) is 0 Å². The van der Waals surface area contributed by atoms with Crippen LogP contribution >= 0.6 is 0 Å². The van der Waals surface area contributed by atoms with E-state index in [4.69, 9.17) is 9.84 Å². The molecule has 1 N–H and O–H groups in total. The number of ether oxygens (including phenoxy) is 1. The normalized spacial score (nSPS) is 40.6. The summed E-state index contributed by atoms with van der Waals surface area (Å²) in [7, 11) is 0. The second-order valence-corrected chi connectivity index (χ2v) is 3.94. The minimum Gasteiger partial charge on any atom is -0.481 e. The lowest BCUT2D eigenvalue weighted by Crippen LogP contribution is -2.11. The van der Waals surface area contributed by atoms with Gasteiger partial charge in [-0.05, 0) is 24.2 Å². The van der Waals surface area contributed by atoms with Crippen molar-refractivity contribution < 1.29 is 14.6 Å². The highest BCUT2D eigenvalue weighted by Gasteiger charge is 2.56. The molecular weight excluding hydrogens is 156 g/mol. The van der Waals surface area contributed by atoms with Crippen molar-refractivity contribution in [3.8, 4) is 0 Å². The molecule has 0 spiro atoms. The summed E-state index contributed by atoms with van der Waals surface area (Å²) in [6, 6.07) is 0. The van der Waals surface area contributed by atoms with Crippen LogP contribution in [0.25, 0.3) is 0 Å². The van der Waals surface area contributed by atoms with Gasteiger partial charge in [-0.15, -0.1) is 0 Å². The highest BCUT2D eigenvalue weighted by Crippen LogP contribution is 2.53. The maximum absolute atomic E-state index is 10.4. The summed E-state index contributed by atoms with van der Waals surface area (Å²) >= 11 is 0. The van der Waals surface area contributed by atoms with Crippen molar-refractivity contribution in [3.63, 3.8) is 0 Å². The third kappa shape index (κ3) is 1.22. The number of carbonyl (C=O) groups is 1. The van der Waals surface area contributed by atoms with E-state index in [1.165, 1.54) is 0 Å². The lowest BCUT2D eigenvalue weighted by atomic mass is 9.99. The summed E-state index contributed by atoms with van der Waals surface area (Å²) in [6.07, 6.45) is 1.83. The molecule has 0 radical (unpaired) electrons. The number of aliphatic carboxylic acids is 1. The highest BCUT2D eigenvalue weighted by atomic mass is 16.5. The summed E-state index contributed by atoms with van der Waals surface area (Å²) < 4.78 is 5.45. The molecule has 4 unspecified atom stereocenters. The van der Waals surface area contributed by atoms with Gasteiger partial charge in [-0.1, -0.05) is 6.92 Å². The average molecular weight is 170 g/mol. The molecule has 3 heteroatoms. The van der Waals surface area contributed by atoms with Gasteiger partial charge in [-0.2, -0.15) is 0 Å². The summed E-state index contributed by atoms with van der Waals surface area (Å²) in [5, 5.41) is 8.58. The fraction of sp³-hybridized carbons (Fsp3) is 0.889. The van der Waals surface area contributed by atoms with Crippen LogP contribution in [0.1, 0.15) is 19.8 Å². The Morgan fingerprint density at radius 2 is 2.50 bits per heavy atom. The first-order chi connectivity index (χ1) is 5.70. The molecule has 2 rings (SSSR count). The second kappa shape index (κ2) is 2.73. The summed E-state index contributed by atoms with van der Waals surface area (Å²) in [6.45, 7) is 2.89. The number of rotatable bonds is 3. The molecule has 0 bridgehead atoms. The van der Waals surface area contributed by atoms with Crippen molar-refractivity contribution in [2.24, 2.45) is 17.8 Å². The van der Waals surface area contributed by atoms with E-state index in [0.717, 1.165) is 13.0 Å². The molecular formula is C9H14O3. The standard InChI is InChI=1S/C9H14O3/c1-5(4-7(10)11)8-6-2-3-12-9(6)8/h5-6,8-9H,2-4H2,1H3,(H,10,11). The van der Waals surface area contributed by atoms with E-state index in [2.05, 4.69) is 0 Å². The average Bonchev–Trinajstić information content (AvgIpc) is 2.45. The van der Waals surface area contributed by atoms with Gasteiger partial charge < -0.3 is 9.84 Å². The van der Waals surface area contributed by atoms with Crippen LogP contribution in [-0.4, -0.2) is 23.8 Å². The van der Waals surface area contributed by atoms with Gasteiger partial charge >= 0.3 is 5.97 Å². The monoisotopic (exact) mass is 170 g/mol. The largest absolute Gasteiger partial charge is 0.481 e. The van der Waals surface area contributed by atoms with E-state index < -0.39 is 5.97 Å². The highest BCUT2D eigenvalue weighted by molar-refractivity contribution is 5.67. The Bertz CT molecular complexity index is 192. The van der Waals surface area contributed by atoms with Crippen LogP contribution in [0.2, 0.25) is 0 Å². The van der Waals surface area contributed by atoms with E-state index in [-0.39, 0.29) is 5.92 Å². The molecule has 0 aromatic carbocycles. The first-order valence-electron chi connectivity index (χ1n) is 4.53. The molecule has 1 heterocycles. The van der Waals surface area contributed by atoms with Crippen LogP contribution in [0.3, 0.4) is 0 Å². The summed E-state index contributed by atoms with van der Waals surface area (Å²) in [4.78, 5) is 10.4. The van der Waals surface area contributed by atoms with Crippen molar-refractivity contribution in [1.82, 2.24) is 0 Å². The molecule has 68 valence electrons. The van der Waals surface area contributed by atoms with E-state index in [9.17, 15) is 4.79 Å². The van der Waals surface area contributed by atoms with Gasteiger partial charge in [0.2, 0.25) is 0 Å². The predicted octanol–water partition coefficient (Wildman–Crippen LogP) is 1.13. The van der Waals surface area contributed by atoms with E-state index >= 15 is 0 Å². The van der Waals surface area contributed by atoms with Gasteiger partial charge in [0.1, 0.15) is 0 Å². The van der Waals surface area contributed by atoms with Crippen molar-refractivity contribution in [3.05, 3.63) is 0 Å². The van der Waals surface area contributed by atoms with Crippen molar-refractivity contribution in [1.29, 1.82) is 0 Å². The number of carboxylic acids is 1. The molecule has 1 saturated carbocycles. The molecule has 1 saturated heterocycles. The Labute approximate surface area is 71.7 Å². The second-order valence-electron chi connectivity index (χ2n) is 3.94. The van der Waals surface area contributed by atoms with Gasteiger partial charge in [0, 0.05) is 13.0 Å². The molecule has 3 nitrogen and oxygen atoms in total. The molecule has 0 aromatic heterocycles. The minimum absolute atomic E-state index is 0.290. The third-order valence-electron chi connectivity index (χ3n) is 3.07. The van der Waals surface area contributed by atoms with Gasteiger partial charge in [-0.3, -0.25) is 4.79 Å². The molecule has 1 aliphatic carbocycles. The van der Waals surface area contributed by atoms with Crippen molar-refractivity contribution in [2.75, 3.05) is 6.61 Å². The molecule has 0 amide bonds. The quantitative estimate of drug-likeness (QED) is 0.690. The van der Waals surface area contributed by atoms with Crippen molar-refractivity contribution >= 4 is 5.97 Å². The Morgan fingerprint density at radius 3 is 3.00 bits per heavy atom. The maximum Gasteiger partial charge on any atom is 0.303 e. The smallest absolute Gasteiger partial charge is 0.303 e. The first-order valence-corrected chi connectivity index (χ1v) is 4.53. The van der Waals surface area contributed by atoms with Gasteiger partial charge in [0.25, 0.3) is 0 Å². The van der Waals surface area contributed by atoms with Gasteiger partial charge in [0.05, 0.1) is 6.10 Å². The number of fused-ring (bicyclic) bond motifs is 1. The Hall–Kier alpha value is -0.570. The lowest BCUT2D eigenvalue weighted by Gasteiger charge is -2.09. The zero-order valence-corrected chi connectivity index (χ0v) is 7.19. The SMILES string of the molecule is CC(CC(=O)O)C1C2CCOC21. The summed E-state index contributed by atoms with van der Waals surface area (Å²) in [5.74, 6) is 0.819. The molecule has 2 fully saturated rings. The Morgan fingerprint density at radius 1 is 1.75 bits per heavy atom.